The van der Waals surface area contributed by atoms with Crippen LogP contribution in [0.2, 0.25) is 0 Å². The van der Waals surface area contributed by atoms with Crippen molar-refractivity contribution in [3.05, 3.63) is 47.5 Å². The molecule has 104 valence electrons. The van der Waals surface area contributed by atoms with Crippen LogP contribution in [0.3, 0.4) is 0 Å². The Balaban J connectivity index is 1.64. The Hall–Kier alpha value is -2.37. The molecule has 1 aromatic carbocycles. The Morgan fingerprint density at radius 2 is 2.25 bits per heavy atom. The van der Waals surface area contributed by atoms with Gasteiger partial charge in [-0.1, -0.05) is 24.3 Å². The molecule has 1 aromatic heterocycles. The molecular weight excluding hydrogens is 254 g/mol. The number of nitrogens with zero attached hydrogens (tertiary/aromatic N) is 4. The minimum Gasteiger partial charge on any atom is -0.331 e. The molecule has 0 fully saturated rings. The second-order valence-electron chi connectivity index (χ2n) is 5.00. The zero-order chi connectivity index (χ0) is 14.1. The van der Waals surface area contributed by atoms with Gasteiger partial charge in [0.1, 0.15) is 6.33 Å². The maximum Gasteiger partial charge on any atom is 0.318 e. The Bertz CT molecular complexity index is 636. The number of rotatable bonds is 2. The van der Waals surface area contributed by atoms with Crippen molar-refractivity contribution in [2.45, 2.75) is 26.1 Å². The molecule has 2 aromatic rings. The number of amides is 2. The largest absolute Gasteiger partial charge is 0.331 e. The molecule has 2 heterocycles. The second-order valence-corrected chi connectivity index (χ2v) is 5.00. The summed E-state index contributed by atoms with van der Waals surface area (Å²) in [5.41, 5.74) is 2.43. The standard InChI is InChI=1S/C14H17N5O/c1-10-12-6-4-3-5-11(12)8-19(10)14(20)15-7-13-16-9-18(2)17-13/h3-6,9-10H,7-8H2,1-2H3,(H,15,20). The van der Waals surface area contributed by atoms with Gasteiger partial charge in [-0.2, -0.15) is 5.10 Å². The third-order valence-electron chi connectivity index (χ3n) is 3.62. The highest BCUT2D eigenvalue weighted by molar-refractivity contribution is 5.75. The quantitative estimate of drug-likeness (QED) is 0.902. The highest BCUT2D eigenvalue weighted by Crippen LogP contribution is 2.32. The van der Waals surface area contributed by atoms with Gasteiger partial charge in [0.15, 0.2) is 5.82 Å². The first-order valence-electron chi connectivity index (χ1n) is 6.62. The van der Waals surface area contributed by atoms with Gasteiger partial charge in [-0.25, -0.2) is 9.78 Å². The van der Waals surface area contributed by atoms with Gasteiger partial charge in [0, 0.05) is 13.6 Å². The second kappa shape index (κ2) is 4.96. The molecule has 6 heteroatoms. The van der Waals surface area contributed by atoms with Gasteiger partial charge in [-0.15, -0.1) is 0 Å². The summed E-state index contributed by atoms with van der Waals surface area (Å²) in [4.78, 5) is 18.2. The number of carbonyl (C=O) groups is 1. The molecule has 1 unspecified atom stereocenters. The summed E-state index contributed by atoms with van der Waals surface area (Å²) in [7, 11) is 1.80. The van der Waals surface area contributed by atoms with E-state index in [-0.39, 0.29) is 12.1 Å². The molecule has 1 aliphatic rings. The average molecular weight is 271 g/mol. The van der Waals surface area contributed by atoms with Crippen molar-refractivity contribution in [2.24, 2.45) is 7.05 Å². The molecule has 3 rings (SSSR count). The van der Waals surface area contributed by atoms with Crippen LogP contribution in [0, 0.1) is 0 Å². The van der Waals surface area contributed by atoms with Gasteiger partial charge in [-0.3, -0.25) is 4.68 Å². The zero-order valence-corrected chi connectivity index (χ0v) is 11.6. The Morgan fingerprint density at radius 1 is 1.45 bits per heavy atom. The molecule has 0 saturated carbocycles. The summed E-state index contributed by atoms with van der Waals surface area (Å²) in [6.07, 6.45) is 1.62. The third kappa shape index (κ3) is 2.24. The van der Waals surface area contributed by atoms with Crippen molar-refractivity contribution in [1.82, 2.24) is 25.0 Å². The first-order chi connectivity index (χ1) is 9.65. The Kier molecular flexibility index (Phi) is 3.14. The van der Waals surface area contributed by atoms with Gasteiger partial charge < -0.3 is 10.2 Å². The van der Waals surface area contributed by atoms with E-state index in [9.17, 15) is 4.79 Å². The van der Waals surface area contributed by atoms with Crippen LogP contribution in [0.1, 0.15) is 29.9 Å². The van der Waals surface area contributed by atoms with E-state index in [2.05, 4.69) is 27.5 Å². The fourth-order valence-corrected chi connectivity index (χ4v) is 2.54. The summed E-state index contributed by atoms with van der Waals surface area (Å²) in [5, 5.41) is 7.01. The molecule has 0 bridgehead atoms. The number of fused-ring (bicyclic) bond motifs is 1. The predicted molar refractivity (Wildman–Crippen MR) is 73.6 cm³/mol. The number of hydrogen-bond donors (Lipinski definition) is 1. The first kappa shape index (κ1) is 12.7. The van der Waals surface area contributed by atoms with Gasteiger partial charge >= 0.3 is 6.03 Å². The monoisotopic (exact) mass is 271 g/mol. The summed E-state index contributed by atoms with van der Waals surface area (Å²) >= 11 is 0. The van der Waals surface area contributed by atoms with Crippen LogP contribution in [0.25, 0.3) is 0 Å². The lowest BCUT2D eigenvalue weighted by molar-refractivity contribution is 0.184. The molecule has 0 saturated heterocycles. The van der Waals surface area contributed by atoms with Crippen LogP contribution in [0.5, 0.6) is 0 Å². The van der Waals surface area contributed by atoms with E-state index in [0.29, 0.717) is 18.9 Å². The van der Waals surface area contributed by atoms with Crippen molar-refractivity contribution in [2.75, 3.05) is 0 Å². The van der Waals surface area contributed by atoms with E-state index in [1.165, 1.54) is 11.1 Å². The third-order valence-corrected chi connectivity index (χ3v) is 3.62. The van der Waals surface area contributed by atoms with E-state index >= 15 is 0 Å². The number of urea groups is 1. The predicted octanol–water partition coefficient (Wildman–Crippen LogP) is 1.60. The van der Waals surface area contributed by atoms with Crippen molar-refractivity contribution in [3.63, 3.8) is 0 Å². The Labute approximate surface area is 117 Å². The van der Waals surface area contributed by atoms with Crippen LogP contribution in [-0.4, -0.2) is 25.7 Å². The minimum absolute atomic E-state index is 0.0823. The lowest BCUT2D eigenvalue weighted by Gasteiger charge is -2.22. The lowest BCUT2D eigenvalue weighted by Crippen LogP contribution is -2.37. The number of aryl methyl sites for hydroxylation is 1. The maximum absolute atomic E-state index is 12.3. The minimum atomic E-state index is -0.0823. The van der Waals surface area contributed by atoms with Crippen molar-refractivity contribution in [1.29, 1.82) is 0 Å². The van der Waals surface area contributed by atoms with E-state index in [1.807, 2.05) is 24.0 Å². The fraction of sp³-hybridized carbons (Fsp3) is 0.357. The van der Waals surface area contributed by atoms with Gasteiger partial charge in [0.2, 0.25) is 0 Å². The van der Waals surface area contributed by atoms with E-state index < -0.39 is 0 Å². The van der Waals surface area contributed by atoms with Gasteiger partial charge in [-0.05, 0) is 18.1 Å². The molecule has 1 aliphatic heterocycles. The highest BCUT2D eigenvalue weighted by atomic mass is 16.2. The number of aromatic nitrogens is 3. The van der Waals surface area contributed by atoms with Crippen LogP contribution < -0.4 is 5.32 Å². The highest BCUT2D eigenvalue weighted by Gasteiger charge is 2.29. The molecule has 0 spiro atoms. The molecule has 1 atom stereocenters. The van der Waals surface area contributed by atoms with Gasteiger partial charge in [0.25, 0.3) is 0 Å². The first-order valence-corrected chi connectivity index (χ1v) is 6.62. The fourth-order valence-electron chi connectivity index (χ4n) is 2.54. The molecule has 0 radical (unpaired) electrons. The number of carbonyl (C=O) groups excluding carboxylic acids is 1. The lowest BCUT2D eigenvalue weighted by atomic mass is 10.1. The van der Waals surface area contributed by atoms with E-state index in [4.69, 9.17) is 0 Å². The van der Waals surface area contributed by atoms with Crippen molar-refractivity contribution < 1.29 is 4.79 Å². The van der Waals surface area contributed by atoms with Crippen LogP contribution >= 0.6 is 0 Å². The molecule has 1 N–H and O–H groups in total. The van der Waals surface area contributed by atoms with Crippen molar-refractivity contribution in [3.8, 4) is 0 Å². The molecule has 2 amide bonds. The molecule has 6 nitrogen and oxygen atoms in total. The maximum atomic E-state index is 12.3. The van der Waals surface area contributed by atoms with Crippen molar-refractivity contribution >= 4 is 6.03 Å². The van der Waals surface area contributed by atoms with E-state index in [1.54, 1.807) is 18.1 Å². The van der Waals surface area contributed by atoms with Crippen LogP contribution in [0.4, 0.5) is 4.79 Å². The average Bonchev–Trinajstić information content (AvgIpc) is 3.01. The molecular formula is C14H17N5O. The topological polar surface area (TPSA) is 63.1 Å². The molecule has 20 heavy (non-hydrogen) atoms. The van der Waals surface area contributed by atoms with E-state index in [0.717, 1.165) is 0 Å². The number of benzene rings is 1. The zero-order valence-electron chi connectivity index (χ0n) is 11.6. The molecule has 0 aliphatic carbocycles. The van der Waals surface area contributed by atoms with Gasteiger partial charge in [0.05, 0.1) is 12.6 Å². The number of hydrogen-bond acceptors (Lipinski definition) is 3. The summed E-state index contributed by atoms with van der Waals surface area (Å²) in [6.45, 7) is 3.04. The number of nitrogens with one attached hydrogen (secondary N) is 1. The summed E-state index contributed by atoms with van der Waals surface area (Å²) in [5.74, 6) is 0.616. The SMILES string of the molecule is CC1c2ccccc2CN1C(=O)NCc1ncn(C)n1. The normalized spacial score (nSPS) is 17.1. The summed E-state index contributed by atoms with van der Waals surface area (Å²) in [6, 6.07) is 8.18. The van der Waals surface area contributed by atoms with Crippen LogP contribution in [-0.2, 0) is 20.1 Å². The smallest absolute Gasteiger partial charge is 0.318 e. The summed E-state index contributed by atoms with van der Waals surface area (Å²) < 4.78 is 1.62. The Morgan fingerprint density at radius 3 is 2.95 bits per heavy atom. The van der Waals surface area contributed by atoms with Crippen LogP contribution in [0.15, 0.2) is 30.6 Å².